The zero-order valence-electron chi connectivity index (χ0n) is 12.4. The van der Waals surface area contributed by atoms with E-state index in [2.05, 4.69) is 10.3 Å². The first-order valence-electron chi connectivity index (χ1n) is 6.78. The van der Waals surface area contributed by atoms with E-state index in [4.69, 9.17) is 11.6 Å². The number of fused-ring (bicyclic) bond motifs is 1. The number of rotatable bonds is 3. The average molecular weight is 350 g/mol. The minimum atomic E-state index is -0.446. The smallest absolute Gasteiger partial charge is 0.257 e. The molecule has 0 saturated carbocycles. The Morgan fingerprint density at radius 2 is 2.04 bits per heavy atom. The second-order valence-corrected chi connectivity index (χ2v) is 6.61. The zero-order valence-corrected chi connectivity index (χ0v) is 14.0. The lowest BCUT2D eigenvalue weighted by molar-refractivity contribution is 0.102. The van der Waals surface area contributed by atoms with Gasteiger partial charge in [0.05, 0.1) is 15.9 Å². The van der Waals surface area contributed by atoms with Crippen molar-refractivity contribution in [3.63, 3.8) is 0 Å². The van der Waals surface area contributed by atoms with Crippen molar-refractivity contribution in [1.29, 1.82) is 0 Å². The molecule has 0 aliphatic carbocycles. The number of benzene rings is 2. The van der Waals surface area contributed by atoms with Gasteiger partial charge >= 0.3 is 0 Å². The van der Waals surface area contributed by atoms with Crippen LogP contribution in [0.2, 0.25) is 5.02 Å². The third-order valence-electron chi connectivity index (χ3n) is 3.26. The number of nitrogens with zero attached hydrogens (tertiary/aromatic N) is 2. The predicted octanol–water partition coefficient (Wildman–Crippen LogP) is 4.41. The van der Waals surface area contributed by atoms with Crippen LogP contribution in [0.4, 0.5) is 15.2 Å². The summed E-state index contributed by atoms with van der Waals surface area (Å²) in [4.78, 5) is 18.2. The van der Waals surface area contributed by atoms with Gasteiger partial charge in [-0.15, -0.1) is 0 Å². The van der Waals surface area contributed by atoms with Crippen molar-refractivity contribution in [3.8, 4) is 0 Å². The lowest BCUT2D eigenvalue weighted by Gasteiger charge is -2.13. The number of thiazole rings is 1. The van der Waals surface area contributed by atoms with Crippen LogP contribution in [0.15, 0.2) is 36.4 Å². The summed E-state index contributed by atoms with van der Waals surface area (Å²) in [5, 5.41) is 3.75. The SMILES string of the molecule is CN(C)c1ccc(C(=O)Nc2nc3ccc(Cl)cc3s2)cc1F. The van der Waals surface area contributed by atoms with Gasteiger partial charge in [-0.05, 0) is 36.4 Å². The van der Waals surface area contributed by atoms with Gasteiger partial charge in [0.1, 0.15) is 5.82 Å². The number of amides is 1. The van der Waals surface area contributed by atoms with Crippen LogP contribution in [-0.4, -0.2) is 25.0 Å². The highest BCUT2D eigenvalue weighted by Crippen LogP contribution is 2.28. The summed E-state index contributed by atoms with van der Waals surface area (Å²) < 4.78 is 14.8. The lowest BCUT2D eigenvalue weighted by Crippen LogP contribution is -2.14. The van der Waals surface area contributed by atoms with Gasteiger partial charge in [0.2, 0.25) is 0 Å². The molecule has 1 aromatic heterocycles. The van der Waals surface area contributed by atoms with Gasteiger partial charge in [0, 0.05) is 24.7 Å². The quantitative estimate of drug-likeness (QED) is 0.762. The first-order chi connectivity index (χ1) is 10.9. The Balaban J connectivity index is 1.84. The molecule has 1 heterocycles. The van der Waals surface area contributed by atoms with E-state index >= 15 is 0 Å². The molecule has 1 amide bonds. The fourth-order valence-electron chi connectivity index (χ4n) is 2.13. The minimum absolute atomic E-state index is 0.241. The van der Waals surface area contributed by atoms with E-state index in [1.54, 1.807) is 49.3 Å². The molecular weight excluding hydrogens is 337 g/mol. The molecule has 0 aliphatic rings. The summed E-state index contributed by atoms with van der Waals surface area (Å²) >= 11 is 7.25. The molecule has 3 rings (SSSR count). The van der Waals surface area contributed by atoms with E-state index in [1.807, 2.05) is 0 Å². The first kappa shape index (κ1) is 15.7. The molecule has 0 bridgehead atoms. The minimum Gasteiger partial charge on any atom is -0.375 e. The van der Waals surface area contributed by atoms with Gasteiger partial charge in [-0.25, -0.2) is 9.37 Å². The monoisotopic (exact) mass is 349 g/mol. The average Bonchev–Trinajstić information content (AvgIpc) is 2.87. The number of hydrogen-bond acceptors (Lipinski definition) is 4. The molecule has 0 spiro atoms. The van der Waals surface area contributed by atoms with Crippen molar-refractivity contribution in [3.05, 3.63) is 52.8 Å². The summed E-state index contributed by atoms with van der Waals surface area (Å²) in [5.74, 6) is -0.849. The zero-order chi connectivity index (χ0) is 16.6. The number of carbonyl (C=O) groups excluding carboxylic acids is 1. The van der Waals surface area contributed by atoms with Gasteiger partial charge in [0.15, 0.2) is 5.13 Å². The molecule has 7 heteroatoms. The Morgan fingerprint density at radius 3 is 2.74 bits per heavy atom. The fraction of sp³-hybridized carbons (Fsp3) is 0.125. The number of aromatic nitrogens is 1. The van der Waals surface area contributed by atoms with Gasteiger partial charge in [-0.3, -0.25) is 10.1 Å². The summed E-state index contributed by atoms with van der Waals surface area (Å²) in [6.07, 6.45) is 0. The van der Waals surface area contributed by atoms with E-state index in [0.717, 1.165) is 10.2 Å². The van der Waals surface area contributed by atoms with Crippen molar-refractivity contribution in [2.45, 2.75) is 0 Å². The summed E-state index contributed by atoms with van der Waals surface area (Å²) in [7, 11) is 3.48. The molecule has 23 heavy (non-hydrogen) atoms. The molecule has 4 nitrogen and oxygen atoms in total. The Hall–Kier alpha value is -2.18. The largest absolute Gasteiger partial charge is 0.375 e. The number of nitrogens with one attached hydrogen (secondary N) is 1. The highest BCUT2D eigenvalue weighted by atomic mass is 35.5. The second kappa shape index (κ2) is 6.14. The summed E-state index contributed by atoms with van der Waals surface area (Å²) in [6.45, 7) is 0. The van der Waals surface area contributed by atoms with Crippen LogP contribution in [0.1, 0.15) is 10.4 Å². The molecule has 0 unspecified atom stereocenters. The second-order valence-electron chi connectivity index (χ2n) is 5.15. The van der Waals surface area contributed by atoms with Crippen LogP contribution in [0, 0.1) is 5.82 Å². The predicted molar refractivity (Wildman–Crippen MR) is 93.3 cm³/mol. The van der Waals surface area contributed by atoms with Crippen molar-refractivity contribution < 1.29 is 9.18 Å². The third kappa shape index (κ3) is 3.28. The van der Waals surface area contributed by atoms with Crippen molar-refractivity contribution in [2.75, 3.05) is 24.3 Å². The van der Waals surface area contributed by atoms with Crippen LogP contribution in [-0.2, 0) is 0 Å². The third-order valence-corrected chi connectivity index (χ3v) is 4.43. The Bertz CT molecular complexity index is 894. The molecule has 0 aliphatic heterocycles. The fourth-order valence-corrected chi connectivity index (χ4v) is 3.27. The molecular formula is C16H13ClFN3OS. The first-order valence-corrected chi connectivity index (χ1v) is 7.98. The van der Waals surface area contributed by atoms with Crippen molar-refractivity contribution in [2.24, 2.45) is 0 Å². The van der Waals surface area contributed by atoms with E-state index in [1.165, 1.54) is 17.4 Å². The standard InChI is InChI=1S/C16H13ClFN3OS/c1-21(2)13-6-3-9(7-11(13)18)15(22)20-16-19-12-5-4-10(17)8-14(12)23-16/h3-8H,1-2H3,(H,19,20,22). The summed E-state index contributed by atoms with van der Waals surface area (Å²) in [6, 6.07) is 9.69. The number of hydrogen-bond donors (Lipinski definition) is 1. The maximum Gasteiger partial charge on any atom is 0.257 e. The van der Waals surface area contributed by atoms with Gasteiger partial charge in [0.25, 0.3) is 5.91 Å². The molecule has 0 saturated heterocycles. The molecule has 118 valence electrons. The van der Waals surface area contributed by atoms with Gasteiger partial charge in [-0.1, -0.05) is 22.9 Å². The number of carbonyl (C=O) groups is 1. The molecule has 1 N–H and O–H groups in total. The van der Waals surface area contributed by atoms with E-state index in [0.29, 0.717) is 15.8 Å². The van der Waals surface area contributed by atoms with Gasteiger partial charge < -0.3 is 4.90 Å². The maximum atomic E-state index is 14.0. The Labute approximate surface area is 141 Å². The molecule has 0 radical (unpaired) electrons. The molecule has 3 aromatic rings. The summed E-state index contributed by atoms with van der Waals surface area (Å²) in [5.41, 5.74) is 1.42. The van der Waals surface area contributed by atoms with E-state index in [-0.39, 0.29) is 5.56 Å². The normalized spacial score (nSPS) is 10.8. The van der Waals surface area contributed by atoms with Crippen LogP contribution < -0.4 is 10.2 Å². The van der Waals surface area contributed by atoms with E-state index in [9.17, 15) is 9.18 Å². The number of halogens is 2. The maximum absolute atomic E-state index is 14.0. The van der Waals surface area contributed by atoms with Crippen molar-refractivity contribution >= 4 is 49.9 Å². The Morgan fingerprint density at radius 1 is 1.26 bits per heavy atom. The highest BCUT2D eigenvalue weighted by molar-refractivity contribution is 7.22. The van der Waals surface area contributed by atoms with Crippen molar-refractivity contribution in [1.82, 2.24) is 4.98 Å². The molecule has 2 aromatic carbocycles. The van der Waals surface area contributed by atoms with E-state index < -0.39 is 11.7 Å². The Kier molecular flexibility index (Phi) is 4.19. The van der Waals surface area contributed by atoms with Crippen LogP contribution in [0.5, 0.6) is 0 Å². The lowest BCUT2D eigenvalue weighted by atomic mass is 10.2. The highest BCUT2D eigenvalue weighted by Gasteiger charge is 2.13. The van der Waals surface area contributed by atoms with Crippen LogP contribution in [0.3, 0.4) is 0 Å². The van der Waals surface area contributed by atoms with Crippen LogP contribution >= 0.6 is 22.9 Å². The van der Waals surface area contributed by atoms with Crippen LogP contribution in [0.25, 0.3) is 10.2 Å². The number of anilines is 2. The van der Waals surface area contributed by atoms with Gasteiger partial charge in [-0.2, -0.15) is 0 Å². The topological polar surface area (TPSA) is 45.2 Å². The molecule has 0 atom stereocenters. The molecule has 0 fully saturated rings.